The lowest BCUT2D eigenvalue weighted by Gasteiger charge is -2.29. The van der Waals surface area contributed by atoms with Crippen LogP contribution >= 0.6 is 0 Å². The molecule has 10 heteroatoms. The van der Waals surface area contributed by atoms with Crippen molar-refractivity contribution in [2.24, 2.45) is 0 Å². The van der Waals surface area contributed by atoms with Crippen molar-refractivity contribution in [3.05, 3.63) is 99.0 Å². The van der Waals surface area contributed by atoms with Gasteiger partial charge in [0.05, 0.1) is 17.7 Å². The molecule has 3 aromatic rings. The van der Waals surface area contributed by atoms with Crippen molar-refractivity contribution in [2.75, 3.05) is 0 Å². The van der Waals surface area contributed by atoms with Crippen LogP contribution in [-0.4, -0.2) is 32.2 Å². The van der Waals surface area contributed by atoms with Crippen molar-refractivity contribution >= 4 is 12.0 Å². The molecule has 1 atom stereocenters. The van der Waals surface area contributed by atoms with Crippen LogP contribution in [0.25, 0.3) is 0 Å². The van der Waals surface area contributed by atoms with Crippen LogP contribution in [0.2, 0.25) is 0 Å². The van der Waals surface area contributed by atoms with Crippen LogP contribution in [0.3, 0.4) is 0 Å². The lowest BCUT2D eigenvalue weighted by molar-refractivity contribution is 0.0941. The minimum absolute atomic E-state index is 0.0342. The normalized spacial score (nSPS) is 12.6. The number of aliphatic hydroxyl groups is 1. The van der Waals surface area contributed by atoms with Crippen molar-refractivity contribution in [3.63, 3.8) is 0 Å². The Labute approximate surface area is 194 Å². The number of rotatable bonds is 9. The topological polar surface area (TPSA) is 144 Å². The zero-order valence-corrected chi connectivity index (χ0v) is 18.5. The highest BCUT2D eigenvalue weighted by atomic mass is 19.1. The van der Waals surface area contributed by atoms with E-state index in [0.29, 0.717) is 12.0 Å². The van der Waals surface area contributed by atoms with Crippen LogP contribution in [0.1, 0.15) is 46.3 Å². The third-order valence-corrected chi connectivity index (χ3v) is 5.42. The zero-order chi connectivity index (χ0) is 24.7. The van der Waals surface area contributed by atoms with E-state index in [0.717, 1.165) is 5.56 Å². The van der Waals surface area contributed by atoms with E-state index in [1.807, 2.05) is 30.3 Å². The fraction of sp³-hybridized carbons (Fsp3) is 0.250. The summed E-state index contributed by atoms with van der Waals surface area (Å²) in [4.78, 5) is 43.8. The molecule has 3 rings (SSSR count). The third kappa shape index (κ3) is 6.04. The Hall–Kier alpha value is -4.05. The summed E-state index contributed by atoms with van der Waals surface area (Å²) in [6.45, 7) is 0.850. The second kappa shape index (κ2) is 10.7. The molecular weight excluding hydrogens is 443 g/mol. The number of nitrogens with zero attached hydrogens (tertiary/aromatic N) is 1. The van der Waals surface area contributed by atoms with Crippen LogP contribution < -0.4 is 16.2 Å². The van der Waals surface area contributed by atoms with Gasteiger partial charge < -0.3 is 25.8 Å². The largest absolute Gasteiger partial charge is 0.465 e. The van der Waals surface area contributed by atoms with E-state index in [1.165, 1.54) is 24.3 Å². The number of amides is 2. The molecule has 2 aromatic carbocycles. The summed E-state index contributed by atoms with van der Waals surface area (Å²) >= 11 is 0. The first-order chi connectivity index (χ1) is 16.2. The summed E-state index contributed by atoms with van der Waals surface area (Å²) in [5.74, 6) is -1.21. The van der Waals surface area contributed by atoms with Gasteiger partial charge in [-0.15, -0.1) is 0 Å². The molecule has 34 heavy (non-hydrogen) atoms. The number of nitrogens with one attached hydrogen (secondary N) is 3. The van der Waals surface area contributed by atoms with Crippen molar-refractivity contribution in [1.82, 2.24) is 20.6 Å². The fourth-order valence-electron chi connectivity index (χ4n) is 3.48. The molecular formula is C24H25FN4O5. The number of carbonyl (C=O) groups excluding carboxylic acids is 1. The molecule has 178 valence electrons. The van der Waals surface area contributed by atoms with Gasteiger partial charge in [0, 0.05) is 6.54 Å². The SMILES string of the molecule is CC(CCc1ccccc1)(NC(=O)O)c1nc(C(=O)NCc2ccc(F)cc2)c(CO)c(=O)[nH]1. The van der Waals surface area contributed by atoms with Gasteiger partial charge in [-0.2, -0.15) is 0 Å². The maximum atomic E-state index is 13.1. The van der Waals surface area contributed by atoms with E-state index in [-0.39, 0.29) is 30.0 Å². The quantitative estimate of drug-likeness (QED) is 0.326. The molecule has 1 unspecified atom stereocenters. The Bertz CT molecular complexity index is 1210. The number of carbonyl (C=O) groups is 2. The van der Waals surface area contributed by atoms with Crippen molar-refractivity contribution in [2.45, 2.75) is 38.5 Å². The Kier molecular flexibility index (Phi) is 7.75. The number of carboxylic acid groups (broad SMARTS) is 1. The maximum Gasteiger partial charge on any atom is 0.405 e. The standard InChI is InChI=1S/C24H25FN4O5/c1-24(29-23(33)34,12-11-15-5-3-2-4-6-15)22-27-19(18(14-30)20(31)28-22)21(32)26-13-16-7-9-17(25)10-8-16/h2-10,29-30H,11-14H2,1H3,(H,26,32)(H,33,34)(H,27,28,31). The second-order valence-electron chi connectivity index (χ2n) is 7.96. The number of aliphatic hydroxyl groups excluding tert-OH is 1. The van der Waals surface area contributed by atoms with Crippen LogP contribution in [0.15, 0.2) is 59.4 Å². The number of halogens is 1. The third-order valence-electron chi connectivity index (χ3n) is 5.42. The zero-order valence-electron chi connectivity index (χ0n) is 18.5. The summed E-state index contributed by atoms with van der Waals surface area (Å²) < 4.78 is 13.1. The molecule has 0 radical (unpaired) electrons. The molecule has 0 aliphatic carbocycles. The Morgan fingerprint density at radius 2 is 1.76 bits per heavy atom. The summed E-state index contributed by atoms with van der Waals surface area (Å²) in [7, 11) is 0. The van der Waals surface area contributed by atoms with Gasteiger partial charge >= 0.3 is 6.09 Å². The van der Waals surface area contributed by atoms with Gasteiger partial charge in [0.1, 0.15) is 17.3 Å². The lowest BCUT2D eigenvalue weighted by Crippen LogP contribution is -2.46. The van der Waals surface area contributed by atoms with Crippen LogP contribution in [0, 0.1) is 5.82 Å². The predicted octanol–water partition coefficient (Wildman–Crippen LogP) is 2.45. The molecule has 1 heterocycles. The van der Waals surface area contributed by atoms with Gasteiger partial charge in [0.2, 0.25) is 0 Å². The fourth-order valence-corrected chi connectivity index (χ4v) is 3.48. The van der Waals surface area contributed by atoms with E-state index in [4.69, 9.17) is 0 Å². The minimum atomic E-state index is -1.33. The molecule has 0 aliphatic heterocycles. The second-order valence-corrected chi connectivity index (χ2v) is 7.96. The van der Waals surface area contributed by atoms with E-state index < -0.39 is 35.5 Å². The summed E-state index contributed by atoms with van der Waals surface area (Å²) in [5.41, 5.74) is -1.08. The number of hydrogen-bond donors (Lipinski definition) is 5. The van der Waals surface area contributed by atoms with E-state index >= 15 is 0 Å². The first-order valence-electron chi connectivity index (χ1n) is 10.5. The predicted molar refractivity (Wildman–Crippen MR) is 122 cm³/mol. The number of aryl methyl sites for hydroxylation is 1. The molecule has 2 amide bonds. The molecule has 0 saturated heterocycles. The van der Waals surface area contributed by atoms with Gasteiger partial charge in [-0.3, -0.25) is 9.59 Å². The number of aromatic nitrogens is 2. The Balaban J connectivity index is 1.92. The van der Waals surface area contributed by atoms with Gasteiger partial charge in [0.25, 0.3) is 11.5 Å². The minimum Gasteiger partial charge on any atom is -0.465 e. The van der Waals surface area contributed by atoms with Gasteiger partial charge in [-0.05, 0) is 43.0 Å². The van der Waals surface area contributed by atoms with Crippen LogP contribution in [0.5, 0.6) is 0 Å². The Morgan fingerprint density at radius 1 is 1.09 bits per heavy atom. The molecule has 5 N–H and O–H groups in total. The Morgan fingerprint density at radius 3 is 2.38 bits per heavy atom. The molecule has 9 nitrogen and oxygen atoms in total. The smallest absolute Gasteiger partial charge is 0.405 e. The number of hydrogen-bond acceptors (Lipinski definition) is 5. The number of aromatic amines is 1. The van der Waals surface area contributed by atoms with Crippen LogP contribution in [-0.2, 0) is 25.1 Å². The molecule has 0 aliphatic rings. The average molecular weight is 468 g/mol. The van der Waals surface area contributed by atoms with Crippen LogP contribution in [0.4, 0.5) is 9.18 Å². The first kappa shape index (κ1) is 24.6. The monoisotopic (exact) mass is 468 g/mol. The average Bonchev–Trinajstić information content (AvgIpc) is 2.82. The molecule has 0 spiro atoms. The number of H-pyrrole nitrogens is 1. The highest BCUT2D eigenvalue weighted by Gasteiger charge is 2.33. The maximum absolute atomic E-state index is 13.1. The van der Waals surface area contributed by atoms with E-state index in [2.05, 4.69) is 20.6 Å². The van der Waals surface area contributed by atoms with Crippen molar-refractivity contribution in [3.8, 4) is 0 Å². The van der Waals surface area contributed by atoms with E-state index in [9.17, 15) is 29.0 Å². The lowest BCUT2D eigenvalue weighted by atomic mass is 9.92. The molecule has 0 fully saturated rings. The van der Waals surface area contributed by atoms with Gasteiger partial charge in [-0.25, -0.2) is 14.2 Å². The van der Waals surface area contributed by atoms with Crippen molar-refractivity contribution in [1.29, 1.82) is 0 Å². The highest BCUT2D eigenvalue weighted by molar-refractivity contribution is 5.93. The highest BCUT2D eigenvalue weighted by Crippen LogP contribution is 2.24. The summed E-state index contributed by atoms with van der Waals surface area (Å²) in [6, 6.07) is 14.9. The van der Waals surface area contributed by atoms with Crippen molar-refractivity contribution < 1.29 is 24.2 Å². The summed E-state index contributed by atoms with van der Waals surface area (Å²) in [5, 5.41) is 24.1. The summed E-state index contributed by atoms with van der Waals surface area (Å²) in [6.07, 6.45) is -0.622. The van der Waals surface area contributed by atoms with Gasteiger partial charge in [0.15, 0.2) is 0 Å². The van der Waals surface area contributed by atoms with Gasteiger partial charge in [-0.1, -0.05) is 42.5 Å². The first-order valence-corrected chi connectivity index (χ1v) is 10.5. The number of benzene rings is 2. The molecule has 1 aromatic heterocycles. The van der Waals surface area contributed by atoms with E-state index in [1.54, 1.807) is 6.92 Å². The molecule has 0 saturated carbocycles. The molecule has 0 bridgehead atoms.